The minimum absolute atomic E-state index is 0.167. The quantitative estimate of drug-likeness (QED) is 0.628. The Morgan fingerprint density at radius 3 is 2.56 bits per heavy atom. The summed E-state index contributed by atoms with van der Waals surface area (Å²) in [5.41, 5.74) is 8.78. The van der Waals surface area contributed by atoms with Crippen LogP contribution in [0.1, 0.15) is 29.3 Å². The van der Waals surface area contributed by atoms with E-state index >= 15 is 0 Å². The summed E-state index contributed by atoms with van der Waals surface area (Å²) < 4.78 is 5.72. The van der Waals surface area contributed by atoms with Crippen molar-refractivity contribution in [3.63, 3.8) is 0 Å². The Labute approximate surface area is 158 Å². The molecule has 1 heterocycles. The van der Waals surface area contributed by atoms with E-state index in [-0.39, 0.29) is 5.91 Å². The van der Waals surface area contributed by atoms with Crippen LogP contribution in [0.5, 0.6) is 5.75 Å². The average molecular weight is 362 g/mol. The van der Waals surface area contributed by atoms with Crippen LogP contribution in [0.15, 0.2) is 60.9 Å². The molecule has 0 bridgehead atoms. The minimum Gasteiger partial charge on any atom is -0.493 e. The van der Waals surface area contributed by atoms with E-state index < -0.39 is 0 Å². The summed E-state index contributed by atoms with van der Waals surface area (Å²) in [7, 11) is 0. The standard InChI is InChI=1S/C21H22N4O2/c1-2-12-27-19-9-8-18(22)13-17(19)14-25-21(26)16-6-4-15(5-7-16)20-23-10-3-11-24-20/h3-11,13H,2,12,14,22H2,1H3,(H,25,26). The Morgan fingerprint density at radius 2 is 1.85 bits per heavy atom. The van der Waals surface area contributed by atoms with Gasteiger partial charge in [-0.25, -0.2) is 9.97 Å². The van der Waals surface area contributed by atoms with Crippen LogP contribution < -0.4 is 15.8 Å². The van der Waals surface area contributed by atoms with Crippen molar-refractivity contribution in [2.45, 2.75) is 19.9 Å². The van der Waals surface area contributed by atoms with E-state index in [1.54, 1.807) is 36.7 Å². The van der Waals surface area contributed by atoms with Gasteiger partial charge in [0.25, 0.3) is 5.91 Å². The fourth-order valence-corrected chi connectivity index (χ4v) is 2.59. The molecule has 0 unspecified atom stereocenters. The second-order valence-electron chi connectivity index (χ2n) is 6.05. The summed E-state index contributed by atoms with van der Waals surface area (Å²) in [6.45, 7) is 3.00. The van der Waals surface area contributed by atoms with Crippen molar-refractivity contribution in [3.8, 4) is 17.1 Å². The van der Waals surface area contributed by atoms with Gasteiger partial charge in [0, 0.05) is 41.3 Å². The Bertz CT molecular complexity index is 896. The molecule has 138 valence electrons. The van der Waals surface area contributed by atoms with Crippen molar-refractivity contribution in [3.05, 3.63) is 72.1 Å². The topological polar surface area (TPSA) is 90.1 Å². The van der Waals surface area contributed by atoms with Crippen LogP contribution >= 0.6 is 0 Å². The molecular weight excluding hydrogens is 340 g/mol. The highest BCUT2D eigenvalue weighted by molar-refractivity contribution is 5.94. The van der Waals surface area contributed by atoms with Crippen LogP contribution in [0, 0.1) is 0 Å². The number of nitrogens with one attached hydrogen (secondary N) is 1. The summed E-state index contributed by atoms with van der Waals surface area (Å²) in [4.78, 5) is 20.9. The SMILES string of the molecule is CCCOc1ccc(N)cc1CNC(=O)c1ccc(-c2ncccn2)cc1. The van der Waals surface area contributed by atoms with Gasteiger partial charge in [-0.3, -0.25) is 4.79 Å². The molecule has 1 amide bonds. The van der Waals surface area contributed by atoms with E-state index in [1.807, 2.05) is 31.2 Å². The van der Waals surface area contributed by atoms with Crippen LogP contribution in [-0.2, 0) is 6.54 Å². The van der Waals surface area contributed by atoms with E-state index in [1.165, 1.54) is 0 Å². The lowest BCUT2D eigenvalue weighted by Gasteiger charge is -2.13. The number of nitrogens with zero attached hydrogens (tertiary/aromatic N) is 2. The number of benzene rings is 2. The van der Waals surface area contributed by atoms with Gasteiger partial charge in [-0.2, -0.15) is 0 Å². The molecule has 3 aromatic rings. The maximum absolute atomic E-state index is 12.5. The van der Waals surface area contributed by atoms with Crippen molar-refractivity contribution in [1.82, 2.24) is 15.3 Å². The number of anilines is 1. The Kier molecular flexibility index (Phi) is 5.99. The number of nitrogen functional groups attached to an aromatic ring is 1. The number of hydrogen-bond acceptors (Lipinski definition) is 5. The molecule has 0 spiro atoms. The average Bonchev–Trinajstić information content (AvgIpc) is 2.72. The first-order valence-corrected chi connectivity index (χ1v) is 8.84. The van der Waals surface area contributed by atoms with Crippen molar-refractivity contribution in [2.75, 3.05) is 12.3 Å². The summed E-state index contributed by atoms with van der Waals surface area (Å²) in [5.74, 6) is 1.20. The van der Waals surface area contributed by atoms with Crippen LogP contribution in [0.4, 0.5) is 5.69 Å². The number of amides is 1. The maximum Gasteiger partial charge on any atom is 0.251 e. The molecule has 1 aromatic heterocycles. The maximum atomic E-state index is 12.5. The predicted octanol–water partition coefficient (Wildman–Crippen LogP) is 3.44. The first-order valence-electron chi connectivity index (χ1n) is 8.84. The van der Waals surface area contributed by atoms with E-state index in [4.69, 9.17) is 10.5 Å². The largest absolute Gasteiger partial charge is 0.493 e. The number of aromatic nitrogens is 2. The van der Waals surface area contributed by atoms with Gasteiger partial charge in [0.2, 0.25) is 0 Å². The van der Waals surface area contributed by atoms with Gasteiger partial charge in [-0.05, 0) is 42.8 Å². The second-order valence-corrected chi connectivity index (χ2v) is 6.05. The molecule has 6 nitrogen and oxygen atoms in total. The molecule has 6 heteroatoms. The third-order valence-corrected chi connectivity index (χ3v) is 3.96. The lowest BCUT2D eigenvalue weighted by atomic mass is 10.1. The highest BCUT2D eigenvalue weighted by Gasteiger charge is 2.10. The van der Waals surface area contributed by atoms with Crippen LogP contribution in [0.2, 0.25) is 0 Å². The monoisotopic (exact) mass is 362 g/mol. The zero-order valence-electron chi connectivity index (χ0n) is 15.2. The molecule has 0 aliphatic heterocycles. The molecule has 3 rings (SSSR count). The summed E-state index contributed by atoms with van der Waals surface area (Å²) in [6, 6.07) is 14.4. The zero-order valence-corrected chi connectivity index (χ0v) is 15.2. The number of hydrogen-bond donors (Lipinski definition) is 2. The van der Waals surface area contributed by atoms with E-state index in [2.05, 4.69) is 15.3 Å². The molecule has 2 aromatic carbocycles. The number of rotatable bonds is 7. The Hall–Kier alpha value is -3.41. The predicted molar refractivity (Wildman–Crippen MR) is 105 cm³/mol. The third-order valence-electron chi connectivity index (χ3n) is 3.96. The molecule has 0 fully saturated rings. The first kappa shape index (κ1) is 18.4. The molecule has 0 saturated heterocycles. The first-order chi connectivity index (χ1) is 13.2. The van der Waals surface area contributed by atoms with Gasteiger partial charge in [-0.1, -0.05) is 19.1 Å². The number of carbonyl (C=O) groups is 1. The Balaban J connectivity index is 1.67. The van der Waals surface area contributed by atoms with Crippen molar-refractivity contribution < 1.29 is 9.53 Å². The number of ether oxygens (including phenoxy) is 1. The van der Waals surface area contributed by atoms with Crippen molar-refractivity contribution in [1.29, 1.82) is 0 Å². The summed E-state index contributed by atoms with van der Waals surface area (Å²) >= 11 is 0. The lowest BCUT2D eigenvalue weighted by Crippen LogP contribution is -2.23. The normalized spacial score (nSPS) is 10.4. The Morgan fingerprint density at radius 1 is 1.11 bits per heavy atom. The van der Waals surface area contributed by atoms with Gasteiger partial charge < -0.3 is 15.8 Å². The zero-order chi connectivity index (χ0) is 19.1. The number of nitrogens with two attached hydrogens (primary N) is 1. The van der Waals surface area contributed by atoms with Crippen LogP contribution in [0.3, 0.4) is 0 Å². The molecule has 0 aliphatic carbocycles. The van der Waals surface area contributed by atoms with E-state index in [9.17, 15) is 4.79 Å². The van der Waals surface area contributed by atoms with Gasteiger partial charge in [0.05, 0.1) is 6.61 Å². The van der Waals surface area contributed by atoms with Crippen molar-refractivity contribution >= 4 is 11.6 Å². The fraction of sp³-hybridized carbons (Fsp3) is 0.190. The van der Waals surface area contributed by atoms with E-state index in [0.717, 1.165) is 23.3 Å². The highest BCUT2D eigenvalue weighted by atomic mass is 16.5. The smallest absolute Gasteiger partial charge is 0.251 e. The summed E-state index contributed by atoms with van der Waals surface area (Å²) in [6.07, 6.45) is 4.28. The lowest BCUT2D eigenvalue weighted by molar-refractivity contribution is 0.0950. The number of carbonyl (C=O) groups excluding carboxylic acids is 1. The molecular formula is C21H22N4O2. The molecule has 0 radical (unpaired) electrons. The van der Waals surface area contributed by atoms with Crippen molar-refractivity contribution in [2.24, 2.45) is 0 Å². The van der Waals surface area contributed by atoms with Gasteiger partial charge in [-0.15, -0.1) is 0 Å². The van der Waals surface area contributed by atoms with Gasteiger partial charge >= 0.3 is 0 Å². The minimum atomic E-state index is -0.167. The highest BCUT2D eigenvalue weighted by Crippen LogP contribution is 2.22. The summed E-state index contributed by atoms with van der Waals surface area (Å²) in [5, 5.41) is 2.91. The molecule has 0 atom stereocenters. The fourth-order valence-electron chi connectivity index (χ4n) is 2.59. The van der Waals surface area contributed by atoms with E-state index in [0.29, 0.717) is 30.2 Å². The van der Waals surface area contributed by atoms with Gasteiger partial charge in [0.1, 0.15) is 5.75 Å². The molecule has 27 heavy (non-hydrogen) atoms. The molecule has 0 saturated carbocycles. The van der Waals surface area contributed by atoms with Crippen LogP contribution in [0.25, 0.3) is 11.4 Å². The molecule has 0 aliphatic rings. The molecule has 3 N–H and O–H groups in total. The van der Waals surface area contributed by atoms with Crippen LogP contribution in [-0.4, -0.2) is 22.5 Å². The third kappa shape index (κ3) is 4.82. The van der Waals surface area contributed by atoms with Gasteiger partial charge in [0.15, 0.2) is 5.82 Å². The second kappa shape index (κ2) is 8.80.